The third-order valence-corrected chi connectivity index (χ3v) is 4.39. The molecule has 3 aromatic rings. The minimum atomic E-state index is -0.436. The van der Waals surface area contributed by atoms with E-state index in [1.165, 1.54) is 0 Å². The highest BCUT2D eigenvalue weighted by atomic mass is 16.5. The van der Waals surface area contributed by atoms with E-state index < -0.39 is 5.91 Å². The summed E-state index contributed by atoms with van der Waals surface area (Å²) in [5.74, 6) is -0.436. The Morgan fingerprint density at radius 3 is 3.00 bits per heavy atom. The molecule has 6 nitrogen and oxygen atoms in total. The van der Waals surface area contributed by atoms with Crippen LogP contribution in [0.1, 0.15) is 28.9 Å². The minimum Gasteiger partial charge on any atom is -0.378 e. The molecule has 0 aliphatic carbocycles. The fraction of sp³-hybridized carbons (Fsp3) is 0.278. The number of nitrogens with two attached hydrogens (primary N) is 1. The number of rotatable bonds is 4. The summed E-state index contributed by atoms with van der Waals surface area (Å²) in [5.41, 5.74) is 8.67. The summed E-state index contributed by atoms with van der Waals surface area (Å²) in [6, 6.07) is 9.21. The van der Waals surface area contributed by atoms with Crippen LogP contribution in [0.4, 0.5) is 0 Å². The van der Waals surface area contributed by atoms with Gasteiger partial charge < -0.3 is 10.5 Å². The Labute approximate surface area is 139 Å². The van der Waals surface area contributed by atoms with Crippen LogP contribution in [0.3, 0.4) is 0 Å². The largest absolute Gasteiger partial charge is 0.378 e. The first-order valence-electron chi connectivity index (χ1n) is 8.06. The number of carbonyl (C=O) groups excluding carboxylic acids is 1. The van der Waals surface area contributed by atoms with Gasteiger partial charge in [0, 0.05) is 30.2 Å². The van der Waals surface area contributed by atoms with Gasteiger partial charge in [-0.2, -0.15) is 5.10 Å². The van der Waals surface area contributed by atoms with E-state index in [2.05, 4.69) is 4.98 Å². The summed E-state index contributed by atoms with van der Waals surface area (Å²) >= 11 is 0. The van der Waals surface area contributed by atoms with Gasteiger partial charge in [-0.3, -0.25) is 9.78 Å². The van der Waals surface area contributed by atoms with Crippen molar-refractivity contribution in [2.45, 2.75) is 25.4 Å². The van der Waals surface area contributed by atoms with Crippen LogP contribution in [-0.4, -0.2) is 33.4 Å². The lowest BCUT2D eigenvalue weighted by atomic mass is 10.0. The summed E-state index contributed by atoms with van der Waals surface area (Å²) in [4.78, 5) is 15.7. The molecule has 6 heteroatoms. The lowest BCUT2D eigenvalue weighted by Crippen LogP contribution is -2.13. The van der Waals surface area contributed by atoms with Gasteiger partial charge >= 0.3 is 0 Å². The first-order chi connectivity index (χ1) is 11.7. The van der Waals surface area contributed by atoms with Crippen LogP contribution in [0.25, 0.3) is 16.6 Å². The zero-order valence-corrected chi connectivity index (χ0v) is 13.2. The molecule has 0 spiro atoms. The maximum atomic E-state index is 11.5. The first kappa shape index (κ1) is 14.8. The smallest absolute Gasteiger partial charge is 0.248 e. The number of carbonyl (C=O) groups is 1. The molecule has 1 atom stereocenters. The van der Waals surface area contributed by atoms with Crippen molar-refractivity contribution in [2.24, 2.45) is 5.73 Å². The highest BCUT2D eigenvalue weighted by molar-refractivity contribution is 5.97. The van der Waals surface area contributed by atoms with E-state index in [0.29, 0.717) is 5.56 Å². The standard InChI is InChI=1S/C18H18N4O2/c19-18(23)12-5-6-16-15(9-12)17(10-14-4-2-8-24-14)22(21-16)13-3-1-7-20-11-13/h1,3,5-7,9,11,14H,2,4,8,10H2,(H2,19,23). The van der Waals surface area contributed by atoms with Crippen molar-refractivity contribution in [3.05, 3.63) is 54.0 Å². The Balaban J connectivity index is 1.88. The maximum absolute atomic E-state index is 11.5. The molecule has 1 aliphatic heterocycles. The summed E-state index contributed by atoms with van der Waals surface area (Å²) in [6.45, 7) is 0.802. The van der Waals surface area contributed by atoms with E-state index in [0.717, 1.165) is 48.2 Å². The zero-order chi connectivity index (χ0) is 16.5. The average molecular weight is 322 g/mol. The van der Waals surface area contributed by atoms with Gasteiger partial charge in [-0.05, 0) is 43.2 Å². The SMILES string of the molecule is NC(=O)c1ccc2nn(-c3cccnc3)c(CC3CCCO3)c2c1. The second kappa shape index (κ2) is 6.05. The van der Waals surface area contributed by atoms with Crippen molar-refractivity contribution < 1.29 is 9.53 Å². The third kappa shape index (κ3) is 2.65. The number of aromatic nitrogens is 3. The maximum Gasteiger partial charge on any atom is 0.248 e. The fourth-order valence-corrected chi connectivity index (χ4v) is 3.20. The molecule has 2 aromatic heterocycles. The average Bonchev–Trinajstić information content (AvgIpc) is 3.24. The van der Waals surface area contributed by atoms with Crippen LogP contribution in [-0.2, 0) is 11.2 Å². The Morgan fingerprint density at radius 2 is 2.29 bits per heavy atom. The van der Waals surface area contributed by atoms with E-state index in [1.54, 1.807) is 18.5 Å². The molecule has 1 saturated heterocycles. The van der Waals surface area contributed by atoms with Crippen LogP contribution >= 0.6 is 0 Å². The van der Waals surface area contributed by atoms with Crippen molar-refractivity contribution in [3.63, 3.8) is 0 Å². The molecule has 3 heterocycles. The molecule has 1 amide bonds. The molecular formula is C18H18N4O2. The lowest BCUT2D eigenvalue weighted by molar-refractivity contribution is 0.100. The molecule has 1 aliphatic rings. The van der Waals surface area contributed by atoms with Crippen LogP contribution in [0.15, 0.2) is 42.7 Å². The zero-order valence-electron chi connectivity index (χ0n) is 13.2. The van der Waals surface area contributed by atoms with Crippen molar-refractivity contribution >= 4 is 16.8 Å². The number of amides is 1. The van der Waals surface area contributed by atoms with Crippen LogP contribution in [0, 0.1) is 0 Å². The fourth-order valence-electron chi connectivity index (χ4n) is 3.20. The molecule has 1 aromatic carbocycles. The molecule has 2 N–H and O–H groups in total. The quantitative estimate of drug-likeness (QED) is 0.798. The second-order valence-corrected chi connectivity index (χ2v) is 6.01. The summed E-state index contributed by atoms with van der Waals surface area (Å²) in [5, 5.41) is 5.63. The first-order valence-corrected chi connectivity index (χ1v) is 8.06. The Kier molecular flexibility index (Phi) is 3.74. The van der Waals surface area contributed by atoms with Crippen LogP contribution in [0.2, 0.25) is 0 Å². The number of hydrogen-bond donors (Lipinski definition) is 1. The number of benzene rings is 1. The summed E-state index contributed by atoms with van der Waals surface area (Å²) in [6.07, 6.45) is 6.55. The number of primary amides is 1. The predicted molar refractivity (Wildman–Crippen MR) is 90.1 cm³/mol. The van der Waals surface area contributed by atoms with Gasteiger partial charge in [-0.1, -0.05) is 0 Å². The van der Waals surface area contributed by atoms with Crippen LogP contribution in [0.5, 0.6) is 0 Å². The summed E-state index contributed by atoms with van der Waals surface area (Å²) in [7, 11) is 0. The van der Waals surface area contributed by atoms with Gasteiger partial charge in [0.1, 0.15) is 0 Å². The normalized spacial score (nSPS) is 17.4. The lowest BCUT2D eigenvalue weighted by Gasteiger charge is -2.12. The van der Waals surface area contributed by atoms with Crippen molar-refractivity contribution in [1.29, 1.82) is 0 Å². The van der Waals surface area contributed by atoms with Gasteiger partial charge in [0.15, 0.2) is 0 Å². The molecule has 122 valence electrons. The third-order valence-electron chi connectivity index (χ3n) is 4.39. The Bertz CT molecular complexity index is 883. The number of nitrogens with zero attached hydrogens (tertiary/aromatic N) is 3. The van der Waals surface area contributed by atoms with E-state index >= 15 is 0 Å². The van der Waals surface area contributed by atoms with Gasteiger partial charge in [0.05, 0.1) is 29.2 Å². The molecule has 0 saturated carbocycles. The van der Waals surface area contributed by atoms with Gasteiger partial charge in [-0.15, -0.1) is 0 Å². The molecule has 4 rings (SSSR count). The molecule has 0 bridgehead atoms. The van der Waals surface area contributed by atoms with Crippen molar-refractivity contribution in [3.8, 4) is 5.69 Å². The van der Waals surface area contributed by atoms with Crippen molar-refractivity contribution in [2.75, 3.05) is 6.61 Å². The minimum absolute atomic E-state index is 0.178. The number of ether oxygens (including phenoxy) is 1. The Hall–Kier alpha value is -2.73. The van der Waals surface area contributed by atoms with Gasteiger partial charge in [0.25, 0.3) is 0 Å². The number of fused-ring (bicyclic) bond motifs is 1. The topological polar surface area (TPSA) is 83.0 Å². The van der Waals surface area contributed by atoms with E-state index in [-0.39, 0.29) is 6.10 Å². The van der Waals surface area contributed by atoms with Crippen molar-refractivity contribution in [1.82, 2.24) is 14.8 Å². The Morgan fingerprint density at radius 1 is 1.38 bits per heavy atom. The predicted octanol–water partition coefficient (Wildman–Crippen LogP) is 2.24. The second-order valence-electron chi connectivity index (χ2n) is 6.01. The van der Waals surface area contributed by atoms with Crippen LogP contribution < -0.4 is 5.73 Å². The van der Waals surface area contributed by atoms with Gasteiger partial charge in [-0.25, -0.2) is 4.68 Å². The highest BCUT2D eigenvalue weighted by Gasteiger charge is 2.22. The monoisotopic (exact) mass is 322 g/mol. The van der Waals surface area contributed by atoms with E-state index in [9.17, 15) is 4.79 Å². The van der Waals surface area contributed by atoms with E-state index in [1.807, 2.05) is 28.9 Å². The molecular weight excluding hydrogens is 304 g/mol. The molecule has 1 unspecified atom stereocenters. The summed E-state index contributed by atoms with van der Waals surface area (Å²) < 4.78 is 7.69. The molecule has 24 heavy (non-hydrogen) atoms. The molecule has 1 fully saturated rings. The highest BCUT2D eigenvalue weighted by Crippen LogP contribution is 2.27. The number of hydrogen-bond acceptors (Lipinski definition) is 4. The molecule has 0 radical (unpaired) electrons. The van der Waals surface area contributed by atoms with Gasteiger partial charge in [0.2, 0.25) is 5.91 Å². The number of pyridine rings is 1. The van der Waals surface area contributed by atoms with E-state index in [4.69, 9.17) is 15.6 Å².